The summed E-state index contributed by atoms with van der Waals surface area (Å²) in [7, 11) is -4.40. The summed E-state index contributed by atoms with van der Waals surface area (Å²) in [5.74, 6) is 0.605. The van der Waals surface area contributed by atoms with E-state index >= 15 is 0 Å². The van der Waals surface area contributed by atoms with Crippen molar-refractivity contribution in [2.45, 2.75) is 31.8 Å². The second-order valence-electron chi connectivity index (χ2n) is 6.93. The van der Waals surface area contributed by atoms with E-state index in [0.717, 1.165) is 22.3 Å². The smallest absolute Gasteiger partial charge is 0.295 e. The maximum atomic E-state index is 12.0. The molecular weight excluding hydrogens is 384 g/mol. The Morgan fingerprint density at radius 1 is 0.966 bits per heavy atom. The molecule has 0 heterocycles. The van der Waals surface area contributed by atoms with Gasteiger partial charge in [0.05, 0.1) is 0 Å². The Labute approximate surface area is 172 Å². The minimum atomic E-state index is -4.40. The molecule has 0 aliphatic rings. The standard InChI is InChI=1S/C24H24O4S/c1-4-9-20-17(2)14-15-21(24(20)28-16-19-11-6-5-7-12-19)23-18(3)10-8-13-22(23)29(25,26)27/h4-8,10-15H,1,9,16H2,2-3H3,(H,25,26,27). The molecule has 0 aromatic heterocycles. The zero-order valence-electron chi connectivity index (χ0n) is 16.6. The lowest BCUT2D eigenvalue weighted by Crippen LogP contribution is -2.06. The Hall–Kier alpha value is -2.89. The number of ether oxygens (including phenoxy) is 1. The second kappa shape index (κ2) is 8.64. The lowest BCUT2D eigenvalue weighted by molar-refractivity contribution is 0.304. The van der Waals surface area contributed by atoms with Crippen LogP contribution in [-0.4, -0.2) is 13.0 Å². The largest absolute Gasteiger partial charge is 0.488 e. The first-order valence-electron chi connectivity index (χ1n) is 9.30. The summed E-state index contributed by atoms with van der Waals surface area (Å²) < 4.78 is 40.1. The topological polar surface area (TPSA) is 63.6 Å². The summed E-state index contributed by atoms with van der Waals surface area (Å²) in [6.07, 6.45) is 2.37. The molecule has 3 aromatic rings. The molecule has 0 aliphatic heterocycles. The van der Waals surface area contributed by atoms with E-state index in [9.17, 15) is 13.0 Å². The Morgan fingerprint density at radius 3 is 2.34 bits per heavy atom. The molecule has 0 saturated heterocycles. The van der Waals surface area contributed by atoms with Gasteiger partial charge in [-0.15, -0.1) is 6.58 Å². The molecule has 0 unspecified atom stereocenters. The zero-order valence-corrected chi connectivity index (χ0v) is 17.4. The Morgan fingerprint density at radius 2 is 1.69 bits per heavy atom. The SMILES string of the molecule is C=CCc1c(C)ccc(-c2c(C)cccc2S(=O)(=O)O)c1OCc1ccccc1. The highest BCUT2D eigenvalue weighted by Gasteiger charge is 2.23. The van der Waals surface area contributed by atoms with Gasteiger partial charge in [0.25, 0.3) is 10.1 Å². The zero-order chi connectivity index (χ0) is 21.0. The molecule has 0 bridgehead atoms. The van der Waals surface area contributed by atoms with Gasteiger partial charge in [0.1, 0.15) is 17.3 Å². The van der Waals surface area contributed by atoms with Crippen molar-refractivity contribution < 1.29 is 17.7 Å². The predicted molar refractivity (Wildman–Crippen MR) is 116 cm³/mol. The van der Waals surface area contributed by atoms with Crippen LogP contribution in [0, 0.1) is 13.8 Å². The number of hydrogen-bond donors (Lipinski definition) is 1. The van der Waals surface area contributed by atoms with Gasteiger partial charge in [-0.05, 0) is 43.0 Å². The van der Waals surface area contributed by atoms with Crippen LogP contribution in [0.5, 0.6) is 5.75 Å². The van der Waals surface area contributed by atoms with Gasteiger partial charge in [-0.2, -0.15) is 8.42 Å². The van der Waals surface area contributed by atoms with Crippen LogP contribution < -0.4 is 4.74 Å². The highest BCUT2D eigenvalue weighted by Crippen LogP contribution is 2.40. The molecule has 5 heteroatoms. The van der Waals surface area contributed by atoms with E-state index in [1.54, 1.807) is 12.1 Å². The highest BCUT2D eigenvalue weighted by atomic mass is 32.2. The average molecular weight is 409 g/mol. The lowest BCUT2D eigenvalue weighted by Gasteiger charge is -2.20. The van der Waals surface area contributed by atoms with Crippen LogP contribution in [-0.2, 0) is 23.1 Å². The van der Waals surface area contributed by atoms with Gasteiger partial charge in [0, 0.05) is 16.7 Å². The van der Waals surface area contributed by atoms with E-state index < -0.39 is 10.1 Å². The summed E-state index contributed by atoms with van der Waals surface area (Å²) in [5, 5.41) is 0. The van der Waals surface area contributed by atoms with Crippen molar-refractivity contribution in [1.29, 1.82) is 0 Å². The fourth-order valence-electron chi connectivity index (χ4n) is 3.42. The van der Waals surface area contributed by atoms with Gasteiger partial charge in [-0.3, -0.25) is 4.55 Å². The van der Waals surface area contributed by atoms with Crippen LogP contribution in [0.15, 0.2) is 78.2 Å². The minimum absolute atomic E-state index is 0.129. The molecule has 0 spiro atoms. The average Bonchev–Trinajstić information content (AvgIpc) is 2.69. The molecule has 29 heavy (non-hydrogen) atoms. The van der Waals surface area contributed by atoms with Crippen molar-refractivity contribution in [3.8, 4) is 16.9 Å². The first-order chi connectivity index (χ1) is 13.8. The summed E-state index contributed by atoms with van der Waals surface area (Å²) in [6.45, 7) is 7.99. The fourth-order valence-corrected chi connectivity index (χ4v) is 4.20. The highest BCUT2D eigenvalue weighted by molar-refractivity contribution is 7.86. The van der Waals surface area contributed by atoms with E-state index in [0.29, 0.717) is 29.9 Å². The second-order valence-corrected chi connectivity index (χ2v) is 8.32. The quantitative estimate of drug-likeness (QED) is 0.413. The van der Waals surface area contributed by atoms with Gasteiger partial charge >= 0.3 is 0 Å². The summed E-state index contributed by atoms with van der Waals surface area (Å²) >= 11 is 0. The van der Waals surface area contributed by atoms with Crippen LogP contribution in [0.3, 0.4) is 0 Å². The molecule has 0 amide bonds. The maximum Gasteiger partial charge on any atom is 0.295 e. The van der Waals surface area contributed by atoms with Gasteiger partial charge in [0.2, 0.25) is 0 Å². The van der Waals surface area contributed by atoms with Crippen molar-refractivity contribution in [3.05, 3.63) is 95.6 Å². The van der Waals surface area contributed by atoms with E-state index in [1.807, 2.05) is 62.4 Å². The fraction of sp³-hybridized carbons (Fsp3) is 0.167. The van der Waals surface area contributed by atoms with Gasteiger partial charge in [0.15, 0.2) is 0 Å². The molecular formula is C24H24O4S. The van der Waals surface area contributed by atoms with Gasteiger partial charge < -0.3 is 4.74 Å². The van der Waals surface area contributed by atoms with Crippen molar-refractivity contribution in [1.82, 2.24) is 0 Å². The molecule has 1 N–H and O–H groups in total. The van der Waals surface area contributed by atoms with Crippen molar-refractivity contribution >= 4 is 10.1 Å². The number of benzene rings is 3. The number of aryl methyl sites for hydroxylation is 2. The van der Waals surface area contributed by atoms with Gasteiger partial charge in [-0.25, -0.2) is 0 Å². The molecule has 3 rings (SSSR count). The van der Waals surface area contributed by atoms with Crippen LogP contribution >= 0.6 is 0 Å². The number of allylic oxidation sites excluding steroid dienone is 1. The Kier molecular flexibility index (Phi) is 6.20. The summed E-state index contributed by atoms with van der Waals surface area (Å²) in [6, 6.07) is 18.4. The van der Waals surface area contributed by atoms with Crippen molar-refractivity contribution in [2.24, 2.45) is 0 Å². The molecule has 0 fully saturated rings. The van der Waals surface area contributed by atoms with Crippen LogP contribution in [0.4, 0.5) is 0 Å². The van der Waals surface area contributed by atoms with Crippen LogP contribution in [0.25, 0.3) is 11.1 Å². The van der Waals surface area contributed by atoms with Crippen molar-refractivity contribution in [2.75, 3.05) is 0 Å². The first kappa shape index (κ1) is 20.8. The Bertz CT molecular complexity index is 1130. The summed E-state index contributed by atoms with van der Waals surface area (Å²) in [5.41, 5.74) is 4.79. The summed E-state index contributed by atoms with van der Waals surface area (Å²) in [4.78, 5) is -0.129. The van der Waals surface area contributed by atoms with Gasteiger partial charge in [-0.1, -0.05) is 60.7 Å². The molecule has 150 valence electrons. The maximum absolute atomic E-state index is 12.0. The van der Waals surface area contributed by atoms with Crippen LogP contribution in [0.1, 0.15) is 22.3 Å². The Balaban J connectivity index is 2.22. The number of hydrogen-bond acceptors (Lipinski definition) is 3. The molecule has 0 atom stereocenters. The lowest BCUT2D eigenvalue weighted by atomic mass is 9.93. The van der Waals surface area contributed by atoms with E-state index in [4.69, 9.17) is 4.74 Å². The third-order valence-electron chi connectivity index (χ3n) is 4.85. The van der Waals surface area contributed by atoms with Crippen molar-refractivity contribution in [3.63, 3.8) is 0 Å². The third kappa shape index (κ3) is 4.58. The first-order valence-corrected chi connectivity index (χ1v) is 10.7. The molecule has 3 aromatic carbocycles. The normalized spacial score (nSPS) is 11.3. The number of rotatable bonds is 7. The van der Waals surface area contributed by atoms with Crippen LogP contribution in [0.2, 0.25) is 0 Å². The minimum Gasteiger partial charge on any atom is -0.488 e. The third-order valence-corrected chi connectivity index (χ3v) is 5.75. The van der Waals surface area contributed by atoms with E-state index in [-0.39, 0.29) is 4.90 Å². The molecule has 0 saturated carbocycles. The van der Waals surface area contributed by atoms with E-state index in [1.165, 1.54) is 6.07 Å². The molecule has 4 nitrogen and oxygen atoms in total. The molecule has 0 aliphatic carbocycles. The molecule has 0 radical (unpaired) electrons. The predicted octanol–water partition coefficient (Wildman–Crippen LogP) is 5.52. The van der Waals surface area contributed by atoms with E-state index in [2.05, 4.69) is 6.58 Å². The monoisotopic (exact) mass is 408 g/mol.